The molecule has 0 atom stereocenters. The largest absolute Gasteiger partial charge is 0.311 e. The summed E-state index contributed by atoms with van der Waals surface area (Å²) < 4.78 is 7.44. The maximum Gasteiger partial charge on any atom is 0.252 e. The Morgan fingerprint density at radius 3 is 1.07 bits per heavy atom. The third-order valence-corrected chi connectivity index (χ3v) is 21.1. The minimum atomic E-state index is -0.272. The number of rotatable bonds is 8. The van der Waals surface area contributed by atoms with Crippen LogP contribution in [0, 0.1) is 0 Å². The Bertz CT molecular complexity index is 5930. The van der Waals surface area contributed by atoms with Crippen molar-refractivity contribution in [1.82, 2.24) is 13.7 Å². The maximum atomic E-state index is 2.66. The van der Waals surface area contributed by atoms with Gasteiger partial charge in [-0.25, -0.2) is 0 Å². The zero-order valence-corrected chi connectivity index (χ0v) is 55.8. The number of nitrogens with zero attached hydrogens (tertiary/aromatic N) is 5. The van der Waals surface area contributed by atoms with Crippen molar-refractivity contribution < 1.29 is 0 Å². The fourth-order valence-electron chi connectivity index (χ4n) is 16.4. The second kappa shape index (κ2) is 21.8. The van der Waals surface area contributed by atoms with Crippen LogP contribution >= 0.6 is 0 Å². The van der Waals surface area contributed by atoms with Crippen molar-refractivity contribution in [3.8, 4) is 50.4 Å². The predicted molar refractivity (Wildman–Crippen MR) is 417 cm³/mol. The lowest BCUT2D eigenvalue weighted by Crippen LogP contribution is -2.61. The van der Waals surface area contributed by atoms with Crippen molar-refractivity contribution >= 4 is 123 Å². The second-order valence-electron chi connectivity index (χ2n) is 28.9. The van der Waals surface area contributed by atoms with Gasteiger partial charge in [-0.05, 0) is 181 Å². The topological polar surface area (TPSA) is 21.3 Å². The van der Waals surface area contributed by atoms with Gasteiger partial charge >= 0.3 is 0 Å². The quantitative estimate of drug-likeness (QED) is 0.141. The standard InChI is InChI=1S/C92H70BN5/c1-91(2,3)64-42-48-84(75(53-64)61-30-14-9-15-31-61)98-87-58-68(96-83-41-25-20-36-74(83)76-56-66(45-49-85(76)96)94-79-37-21-16-32-70(79)71-33-17-22-38-80(71)94)44-47-78(87)93-77-46-43-67(95-81-39-23-18-34-72(81)73-35-19-24-40-82(73)95)57-86(77)97(88-54-65(92(4,5)6)55-89(98)90(88)93)69-51-62(59-26-10-7-11-27-59)50-63(52-69)60-28-12-8-13-29-60/h7-58H,1-6H3. The summed E-state index contributed by atoms with van der Waals surface area (Å²) in [4.78, 5) is 5.30. The summed E-state index contributed by atoms with van der Waals surface area (Å²) in [5.41, 5.74) is 30.2. The summed E-state index contributed by atoms with van der Waals surface area (Å²) in [6, 6.07) is 119. The van der Waals surface area contributed by atoms with Crippen molar-refractivity contribution in [1.29, 1.82) is 0 Å². The normalized spacial score (nSPS) is 12.9. The van der Waals surface area contributed by atoms with E-state index in [1.807, 2.05) is 0 Å². The minimum absolute atomic E-state index is 0.113. The van der Waals surface area contributed by atoms with E-state index in [2.05, 4.69) is 380 Å². The van der Waals surface area contributed by atoms with E-state index in [0.29, 0.717) is 0 Å². The van der Waals surface area contributed by atoms with Crippen LogP contribution < -0.4 is 26.2 Å². The average molecular weight is 1260 g/mol. The molecule has 3 aromatic heterocycles. The lowest BCUT2D eigenvalue weighted by atomic mass is 9.33. The van der Waals surface area contributed by atoms with Gasteiger partial charge in [-0.15, -0.1) is 0 Å². The van der Waals surface area contributed by atoms with Gasteiger partial charge in [0, 0.05) is 83.4 Å². The first kappa shape index (κ1) is 57.6. The predicted octanol–water partition coefficient (Wildman–Crippen LogP) is 22.7. The molecule has 466 valence electrons. The van der Waals surface area contributed by atoms with Gasteiger partial charge in [0.1, 0.15) is 0 Å². The van der Waals surface area contributed by atoms with Crippen LogP contribution in [0.1, 0.15) is 52.7 Å². The molecule has 5 nitrogen and oxygen atoms in total. The molecule has 2 aliphatic heterocycles. The van der Waals surface area contributed by atoms with Gasteiger partial charge in [0.15, 0.2) is 0 Å². The summed E-state index contributed by atoms with van der Waals surface area (Å²) in [7, 11) is 0. The number of anilines is 6. The van der Waals surface area contributed by atoms with Gasteiger partial charge in [-0.2, -0.15) is 0 Å². The van der Waals surface area contributed by atoms with Gasteiger partial charge in [0.2, 0.25) is 0 Å². The Kier molecular flexibility index (Phi) is 12.8. The van der Waals surface area contributed by atoms with Crippen LogP contribution in [0.5, 0.6) is 0 Å². The zero-order valence-electron chi connectivity index (χ0n) is 55.8. The molecule has 0 spiro atoms. The Balaban J connectivity index is 0.917. The molecule has 0 aliphatic carbocycles. The molecule has 0 saturated heterocycles. The highest BCUT2D eigenvalue weighted by Crippen LogP contribution is 2.51. The molecule has 2 aliphatic rings. The van der Waals surface area contributed by atoms with E-state index < -0.39 is 0 Å². The molecule has 0 saturated carbocycles. The number of hydrogen-bond donors (Lipinski definition) is 0. The van der Waals surface area contributed by atoms with Gasteiger partial charge < -0.3 is 23.5 Å². The van der Waals surface area contributed by atoms with Crippen LogP contribution in [0.3, 0.4) is 0 Å². The van der Waals surface area contributed by atoms with Crippen LogP contribution in [0.2, 0.25) is 0 Å². The van der Waals surface area contributed by atoms with Crippen molar-refractivity contribution in [2.75, 3.05) is 9.80 Å². The number of aromatic nitrogens is 3. The Morgan fingerprint density at radius 2 is 0.612 bits per heavy atom. The summed E-state index contributed by atoms with van der Waals surface area (Å²) in [5.74, 6) is 0. The van der Waals surface area contributed by atoms with Crippen LogP contribution in [-0.4, -0.2) is 20.4 Å². The second-order valence-corrected chi connectivity index (χ2v) is 28.9. The summed E-state index contributed by atoms with van der Waals surface area (Å²) in [6.07, 6.45) is 0. The van der Waals surface area contributed by atoms with Gasteiger partial charge in [-0.1, -0.05) is 242 Å². The van der Waals surface area contributed by atoms with E-state index in [4.69, 9.17) is 0 Å². The molecule has 98 heavy (non-hydrogen) atoms. The van der Waals surface area contributed by atoms with E-state index in [9.17, 15) is 0 Å². The number of hydrogen-bond acceptors (Lipinski definition) is 2. The molecule has 0 radical (unpaired) electrons. The fraction of sp³-hybridized carbons (Fsp3) is 0.0870. The third-order valence-electron chi connectivity index (χ3n) is 21.1. The smallest absolute Gasteiger partial charge is 0.252 e. The van der Waals surface area contributed by atoms with E-state index in [-0.39, 0.29) is 17.5 Å². The van der Waals surface area contributed by atoms with E-state index in [0.717, 1.165) is 62.0 Å². The highest BCUT2D eigenvalue weighted by atomic mass is 15.2. The van der Waals surface area contributed by atoms with Crippen molar-refractivity contribution in [3.63, 3.8) is 0 Å². The molecule has 0 N–H and O–H groups in total. The van der Waals surface area contributed by atoms with E-state index in [1.165, 1.54) is 116 Å². The Labute approximate surface area is 572 Å². The van der Waals surface area contributed by atoms with Gasteiger partial charge in [0.25, 0.3) is 6.71 Å². The molecule has 14 aromatic carbocycles. The number of para-hydroxylation sites is 5. The highest BCUT2D eigenvalue weighted by molar-refractivity contribution is 7.00. The molecular weight excluding hydrogens is 1190 g/mol. The van der Waals surface area contributed by atoms with Crippen LogP contribution in [0.4, 0.5) is 34.1 Å². The van der Waals surface area contributed by atoms with E-state index >= 15 is 0 Å². The molecule has 5 heterocycles. The third kappa shape index (κ3) is 8.94. The number of fused-ring (bicyclic) bond motifs is 13. The average Bonchev–Trinajstić information content (AvgIpc) is 0.899. The van der Waals surface area contributed by atoms with Crippen molar-refractivity contribution in [3.05, 3.63) is 327 Å². The summed E-state index contributed by atoms with van der Waals surface area (Å²) in [6.45, 7) is 14.0. The maximum absolute atomic E-state index is 2.66. The van der Waals surface area contributed by atoms with E-state index in [1.54, 1.807) is 0 Å². The first-order chi connectivity index (χ1) is 47.9. The minimum Gasteiger partial charge on any atom is -0.311 e. The highest BCUT2D eigenvalue weighted by Gasteiger charge is 2.45. The SMILES string of the molecule is CC(C)(C)c1ccc(N2c3cc(-n4c5ccccc5c5cc(-n6c7ccccc7c7ccccc76)ccc54)ccc3B3c4ccc(-n5c6ccccc6c6ccccc65)cc4N(c4cc(-c5ccccc5)cc(-c5ccccc5)c4)c4cc(C(C)(C)C)cc2c43)c(-c2ccccc2)c1. The van der Waals surface area contributed by atoms with Crippen LogP contribution in [0.15, 0.2) is 315 Å². The monoisotopic (exact) mass is 1260 g/mol. The molecule has 19 rings (SSSR count). The number of benzene rings is 14. The summed E-state index contributed by atoms with van der Waals surface area (Å²) in [5, 5.41) is 7.39. The first-order valence-electron chi connectivity index (χ1n) is 34.4. The van der Waals surface area contributed by atoms with Crippen molar-refractivity contribution in [2.45, 2.75) is 52.4 Å². The molecule has 17 aromatic rings. The lowest BCUT2D eigenvalue weighted by Gasteiger charge is -2.45. The van der Waals surface area contributed by atoms with Crippen LogP contribution in [0.25, 0.3) is 116 Å². The van der Waals surface area contributed by atoms with Gasteiger partial charge in [0.05, 0.1) is 38.8 Å². The molecule has 0 unspecified atom stereocenters. The molecule has 0 bridgehead atoms. The molecule has 0 amide bonds. The molecular formula is C92H70BN5. The molecule has 6 heteroatoms. The van der Waals surface area contributed by atoms with Crippen LogP contribution in [-0.2, 0) is 10.8 Å². The fourth-order valence-corrected chi connectivity index (χ4v) is 16.4. The zero-order chi connectivity index (χ0) is 65.7. The Morgan fingerprint density at radius 1 is 0.235 bits per heavy atom. The summed E-state index contributed by atoms with van der Waals surface area (Å²) >= 11 is 0. The lowest BCUT2D eigenvalue weighted by molar-refractivity contribution is 0.590. The Hall–Kier alpha value is -11.9. The first-order valence-corrected chi connectivity index (χ1v) is 34.4. The van der Waals surface area contributed by atoms with Crippen molar-refractivity contribution in [2.24, 2.45) is 0 Å². The molecule has 0 fully saturated rings. The van der Waals surface area contributed by atoms with Gasteiger partial charge in [-0.3, -0.25) is 0 Å².